The SMILES string of the molecule is CN(C)S(=O)(=O)c1ccc(CC(=O)Nc2ccccc2N2CCCC2)cc1. The van der Waals surface area contributed by atoms with Gasteiger partial charge in [0.2, 0.25) is 15.9 Å². The van der Waals surface area contributed by atoms with Crippen LogP contribution in [0.15, 0.2) is 53.4 Å². The lowest BCUT2D eigenvalue weighted by molar-refractivity contribution is -0.115. The smallest absolute Gasteiger partial charge is 0.242 e. The molecule has 0 unspecified atom stereocenters. The maximum absolute atomic E-state index is 12.5. The summed E-state index contributed by atoms with van der Waals surface area (Å²) in [5.74, 6) is -0.120. The van der Waals surface area contributed by atoms with Crippen molar-refractivity contribution in [3.05, 3.63) is 54.1 Å². The minimum Gasteiger partial charge on any atom is -0.370 e. The molecule has 0 aliphatic carbocycles. The number of nitrogens with zero attached hydrogens (tertiary/aromatic N) is 2. The molecule has 0 aromatic heterocycles. The molecule has 1 aliphatic rings. The summed E-state index contributed by atoms with van der Waals surface area (Å²) in [4.78, 5) is 15.0. The van der Waals surface area contributed by atoms with Crippen molar-refractivity contribution in [2.24, 2.45) is 0 Å². The second-order valence-electron chi connectivity index (χ2n) is 6.87. The molecule has 144 valence electrons. The van der Waals surface area contributed by atoms with E-state index in [1.54, 1.807) is 12.1 Å². The molecule has 1 N–H and O–H groups in total. The number of sulfonamides is 1. The molecule has 0 spiro atoms. The zero-order valence-corrected chi connectivity index (χ0v) is 16.5. The highest BCUT2D eigenvalue weighted by Gasteiger charge is 2.18. The lowest BCUT2D eigenvalue weighted by Crippen LogP contribution is -2.22. The number of anilines is 2. The fourth-order valence-corrected chi connectivity index (χ4v) is 4.08. The van der Waals surface area contributed by atoms with Gasteiger partial charge in [0, 0.05) is 27.2 Å². The molecule has 2 aromatic carbocycles. The molecule has 1 fully saturated rings. The number of para-hydroxylation sites is 2. The Balaban J connectivity index is 1.68. The molecule has 0 saturated carbocycles. The Labute approximate surface area is 160 Å². The first kappa shape index (κ1) is 19.4. The summed E-state index contributed by atoms with van der Waals surface area (Å²) in [6.45, 7) is 2.02. The van der Waals surface area contributed by atoms with Gasteiger partial charge in [-0.2, -0.15) is 0 Å². The fraction of sp³-hybridized carbons (Fsp3) is 0.350. The molecule has 0 atom stereocenters. The van der Waals surface area contributed by atoms with E-state index in [2.05, 4.69) is 10.2 Å². The van der Waals surface area contributed by atoms with Gasteiger partial charge in [-0.3, -0.25) is 4.79 Å². The van der Waals surface area contributed by atoms with Gasteiger partial charge in [0.25, 0.3) is 0 Å². The number of hydrogen-bond donors (Lipinski definition) is 1. The predicted octanol–water partition coefficient (Wildman–Crippen LogP) is 2.72. The van der Waals surface area contributed by atoms with Crippen LogP contribution in [0.25, 0.3) is 0 Å². The lowest BCUT2D eigenvalue weighted by atomic mass is 10.1. The molecule has 1 saturated heterocycles. The topological polar surface area (TPSA) is 69.7 Å². The van der Waals surface area contributed by atoms with Crippen LogP contribution < -0.4 is 10.2 Å². The third-order valence-corrected chi connectivity index (χ3v) is 6.52. The van der Waals surface area contributed by atoms with Crippen LogP contribution in [0.3, 0.4) is 0 Å². The molecule has 27 heavy (non-hydrogen) atoms. The molecule has 1 heterocycles. The summed E-state index contributed by atoms with van der Waals surface area (Å²) in [6, 6.07) is 14.3. The highest BCUT2D eigenvalue weighted by atomic mass is 32.2. The normalized spacial score (nSPS) is 14.6. The number of carbonyl (C=O) groups excluding carboxylic acids is 1. The second kappa shape index (κ2) is 8.10. The highest BCUT2D eigenvalue weighted by Crippen LogP contribution is 2.28. The highest BCUT2D eigenvalue weighted by molar-refractivity contribution is 7.89. The summed E-state index contributed by atoms with van der Waals surface area (Å²) in [6.07, 6.45) is 2.53. The number of amides is 1. The van der Waals surface area contributed by atoms with Gasteiger partial charge in [-0.1, -0.05) is 24.3 Å². The Morgan fingerprint density at radius 1 is 1.04 bits per heavy atom. The Morgan fingerprint density at radius 3 is 2.30 bits per heavy atom. The third-order valence-electron chi connectivity index (χ3n) is 4.69. The van der Waals surface area contributed by atoms with Crippen LogP contribution in [0.2, 0.25) is 0 Å². The first-order valence-corrected chi connectivity index (χ1v) is 10.5. The minimum absolute atomic E-state index is 0.120. The van der Waals surface area contributed by atoms with Gasteiger partial charge in [-0.15, -0.1) is 0 Å². The van der Waals surface area contributed by atoms with Gasteiger partial charge >= 0.3 is 0 Å². The van der Waals surface area contributed by atoms with E-state index in [1.165, 1.54) is 43.4 Å². The van der Waals surface area contributed by atoms with Crippen molar-refractivity contribution in [3.63, 3.8) is 0 Å². The monoisotopic (exact) mass is 387 g/mol. The molecule has 3 rings (SSSR count). The quantitative estimate of drug-likeness (QED) is 0.827. The number of hydrogen-bond acceptors (Lipinski definition) is 4. The van der Waals surface area contributed by atoms with Crippen LogP contribution in [0.4, 0.5) is 11.4 Å². The van der Waals surface area contributed by atoms with Crippen LogP contribution in [0.1, 0.15) is 18.4 Å². The zero-order chi connectivity index (χ0) is 19.4. The Hall–Kier alpha value is -2.38. The van der Waals surface area contributed by atoms with Crippen LogP contribution >= 0.6 is 0 Å². The van der Waals surface area contributed by atoms with E-state index < -0.39 is 10.0 Å². The van der Waals surface area contributed by atoms with Crippen LogP contribution in [-0.2, 0) is 21.2 Å². The maximum atomic E-state index is 12.5. The second-order valence-corrected chi connectivity index (χ2v) is 9.02. The number of rotatable bonds is 6. The van der Waals surface area contributed by atoms with Crippen LogP contribution in [-0.4, -0.2) is 45.8 Å². The van der Waals surface area contributed by atoms with Crippen molar-refractivity contribution in [1.29, 1.82) is 0 Å². The van der Waals surface area contributed by atoms with Crippen molar-refractivity contribution in [2.45, 2.75) is 24.2 Å². The first-order chi connectivity index (χ1) is 12.9. The molecular formula is C20H25N3O3S. The van der Waals surface area contributed by atoms with E-state index in [1.807, 2.05) is 24.3 Å². The van der Waals surface area contributed by atoms with Crippen LogP contribution in [0.5, 0.6) is 0 Å². The fourth-order valence-electron chi connectivity index (χ4n) is 3.18. The summed E-state index contributed by atoms with van der Waals surface area (Å²) < 4.78 is 25.4. The van der Waals surface area contributed by atoms with E-state index >= 15 is 0 Å². The molecular weight excluding hydrogens is 362 g/mol. The number of carbonyl (C=O) groups is 1. The van der Waals surface area contributed by atoms with E-state index in [4.69, 9.17) is 0 Å². The zero-order valence-electron chi connectivity index (χ0n) is 15.7. The van der Waals surface area contributed by atoms with E-state index in [0.717, 1.165) is 30.0 Å². The lowest BCUT2D eigenvalue weighted by Gasteiger charge is -2.21. The van der Waals surface area contributed by atoms with Gasteiger partial charge in [0.1, 0.15) is 0 Å². The summed E-state index contributed by atoms with van der Waals surface area (Å²) in [5.41, 5.74) is 2.64. The molecule has 2 aromatic rings. The molecule has 7 heteroatoms. The van der Waals surface area contributed by atoms with E-state index in [0.29, 0.717) is 0 Å². The summed E-state index contributed by atoms with van der Waals surface area (Å²) in [7, 11) is -0.469. The first-order valence-electron chi connectivity index (χ1n) is 9.03. The Morgan fingerprint density at radius 2 is 1.67 bits per heavy atom. The molecule has 1 amide bonds. The minimum atomic E-state index is -3.46. The molecule has 0 bridgehead atoms. The summed E-state index contributed by atoms with van der Waals surface area (Å²) in [5, 5.41) is 2.99. The standard InChI is InChI=1S/C20H25N3O3S/c1-22(2)27(25,26)17-11-9-16(10-12-17)15-20(24)21-18-7-3-4-8-19(18)23-13-5-6-14-23/h3-4,7-12H,5-6,13-15H2,1-2H3,(H,21,24). The average molecular weight is 388 g/mol. The molecule has 1 aliphatic heterocycles. The van der Waals surface area contributed by atoms with Gasteiger partial charge < -0.3 is 10.2 Å². The van der Waals surface area contributed by atoms with Crippen molar-refractivity contribution in [1.82, 2.24) is 4.31 Å². The van der Waals surface area contributed by atoms with Crippen molar-refractivity contribution < 1.29 is 13.2 Å². The Kier molecular flexibility index (Phi) is 5.82. The molecule has 6 nitrogen and oxygen atoms in total. The van der Waals surface area contributed by atoms with Crippen molar-refractivity contribution >= 4 is 27.3 Å². The molecule has 0 radical (unpaired) electrons. The summed E-state index contributed by atoms with van der Waals surface area (Å²) >= 11 is 0. The van der Waals surface area contributed by atoms with Gasteiger partial charge in [-0.05, 0) is 42.7 Å². The van der Waals surface area contributed by atoms with E-state index in [-0.39, 0.29) is 17.2 Å². The van der Waals surface area contributed by atoms with Crippen molar-refractivity contribution in [2.75, 3.05) is 37.4 Å². The van der Waals surface area contributed by atoms with Crippen LogP contribution in [0, 0.1) is 0 Å². The van der Waals surface area contributed by atoms with Crippen molar-refractivity contribution in [3.8, 4) is 0 Å². The largest absolute Gasteiger partial charge is 0.370 e. The average Bonchev–Trinajstić information content (AvgIpc) is 3.17. The van der Waals surface area contributed by atoms with E-state index in [9.17, 15) is 13.2 Å². The Bertz CT molecular complexity index is 902. The number of benzene rings is 2. The maximum Gasteiger partial charge on any atom is 0.242 e. The van der Waals surface area contributed by atoms with Gasteiger partial charge in [0.15, 0.2) is 0 Å². The third kappa shape index (κ3) is 4.48. The van der Waals surface area contributed by atoms with Gasteiger partial charge in [-0.25, -0.2) is 12.7 Å². The predicted molar refractivity (Wildman–Crippen MR) is 108 cm³/mol. The van der Waals surface area contributed by atoms with Gasteiger partial charge in [0.05, 0.1) is 22.7 Å². The number of nitrogens with one attached hydrogen (secondary N) is 1.